The minimum Gasteiger partial charge on any atom is -0.482 e. The predicted octanol–water partition coefficient (Wildman–Crippen LogP) is 2.99. The Kier molecular flexibility index (Phi) is 6.67. The number of piperazine rings is 1. The average molecular weight is 482 g/mol. The zero-order chi connectivity index (χ0) is 23.5. The minimum absolute atomic E-state index is 0.0368. The van der Waals surface area contributed by atoms with Gasteiger partial charge in [-0.25, -0.2) is 9.97 Å². The lowest BCUT2D eigenvalue weighted by Gasteiger charge is -2.45. The summed E-state index contributed by atoms with van der Waals surface area (Å²) < 4.78 is 6.15. The average Bonchev–Trinajstić information content (AvgIpc) is 2.88. The van der Waals surface area contributed by atoms with Gasteiger partial charge >= 0.3 is 0 Å². The Labute approximate surface area is 204 Å². The number of nitrogens with zero attached hydrogens (tertiary/aromatic N) is 5. The smallest absolute Gasteiger partial charge is 0.289 e. The van der Waals surface area contributed by atoms with Crippen molar-refractivity contribution in [1.29, 1.82) is 0 Å². The van der Waals surface area contributed by atoms with E-state index in [4.69, 9.17) is 16.3 Å². The summed E-state index contributed by atoms with van der Waals surface area (Å²) in [5, 5.41) is 0.556. The summed E-state index contributed by atoms with van der Waals surface area (Å²) in [5.41, 5.74) is 0.729. The second-order valence-corrected chi connectivity index (χ2v) is 9.30. The molecule has 1 aromatic carbocycles. The molecular weight excluding hydrogens is 454 g/mol. The van der Waals surface area contributed by atoms with Crippen LogP contribution in [-0.2, 0) is 14.3 Å². The lowest BCUT2D eigenvalue weighted by molar-refractivity contribution is -0.154. The van der Waals surface area contributed by atoms with Crippen molar-refractivity contribution >= 4 is 35.4 Å². The van der Waals surface area contributed by atoms with Crippen molar-refractivity contribution in [2.24, 2.45) is 0 Å². The van der Waals surface area contributed by atoms with Crippen LogP contribution in [-0.4, -0.2) is 76.5 Å². The van der Waals surface area contributed by atoms with Crippen LogP contribution in [0.3, 0.4) is 0 Å². The molecule has 34 heavy (non-hydrogen) atoms. The summed E-state index contributed by atoms with van der Waals surface area (Å²) in [6.07, 6.45) is 8.85. The number of anilines is 1. The number of aromatic nitrogens is 2. The fraction of sp³-hybridized carbons (Fsp3) is 0.440. The first-order chi connectivity index (χ1) is 16.6. The molecule has 0 N–H and O–H groups in total. The molecule has 2 aliphatic heterocycles. The van der Waals surface area contributed by atoms with E-state index in [9.17, 15) is 9.59 Å². The maximum Gasteiger partial charge on any atom is 0.289 e. The number of hydrogen-bond donors (Lipinski definition) is 0. The van der Waals surface area contributed by atoms with Gasteiger partial charge in [-0.05, 0) is 43.0 Å². The molecule has 0 spiro atoms. The van der Waals surface area contributed by atoms with E-state index in [-0.39, 0.29) is 36.3 Å². The first kappa shape index (κ1) is 22.7. The van der Waals surface area contributed by atoms with Crippen molar-refractivity contribution in [3.63, 3.8) is 0 Å². The van der Waals surface area contributed by atoms with E-state index < -0.39 is 0 Å². The second kappa shape index (κ2) is 10.0. The van der Waals surface area contributed by atoms with Crippen LogP contribution in [0.2, 0.25) is 5.02 Å². The largest absolute Gasteiger partial charge is 0.482 e. The van der Waals surface area contributed by atoms with Gasteiger partial charge in [0.1, 0.15) is 12.6 Å². The predicted molar refractivity (Wildman–Crippen MR) is 129 cm³/mol. The lowest BCUT2D eigenvalue weighted by atomic mass is 9.89. The van der Waals surface area contributed by atoms with Crippen molar-refractivity contribution in [3.05, 3.63) is 59.1 Å². The van der Waals surface area contributed by atoms with Crippen LogP contribution in [0.4, 0.5) is 5.95 Å². The van der Waals surface area contributed by atoms with E-state index in [0.29, 0.717) is 37.1 Å². The number of hydrogen-bond acceptors (Lipinski definition) is 6. The Morgan fingerprint density at radius 1 is 1.06 bits per heavy atom. The third kappa shape index (κ3) is 4.73. The highest BCUT2D eigenvalue weighted by atomic mass is 35.5. The van der Waals surface area contributed by atoms with Gasteiger partial charge in [0.05, 0.1) is 6.04 Å². The van der Waals surface area contributed by atoms with Gasteiger partial charge in [0.2, 0.25) is 11.9 Å². The lowest BCUT2D eigenvalue weighted by Crippen LogP contribution is -2.58. The van der Waals surface area contributed by atoms with Crippen molar-refractivity contribution < 1.29 is 14.3 Å². The number of carbonyl (C=O) groups excluding carboxylic acids is 2. The van der Waals surface area contributed by atoms with E-state index in [1.807, 2.05) is 23.1 Å². The van der Waals surface area contributed by atoms with Crippen LogP contribution < -0.4 is 4.90 Å². The Morgan fingerprint density at radius 3 is 2.56 bits per heavy atom. The topological polar surface area (TPSA) is 78.9 Å². The van der Waals surface area contributed by atoms with Crippen molar-refractivity contribution in [1.82, 2.24) is 19.8 Å². The number of amides is 2. The number of rotatable bonds is 4. The number of morpholine rings is 1. The van der Waals surface area contributed by atoms with Gasteiger partial charge in [-0.1, -0.05) is 36.2 Å². The SMILES string of the molecule is O=C(CN1C(=O)/C(=C\c2ccccc2Cl)OC2CCCCC21)N1CCN(c2ncccn2)CC1. The van der Waals surface area contributed by atoms with Crippen molar-refractivity contribution in [2.75, 3.05) is 37.6 Å². The molecule has 2 atom stereocenters. The summed E-state index contributed by atoms with van der Waals surface area (Å²) >= 11 is 6.31. The van der Waals surface area contributed by atoms with Gasteiger partial charge in [-0.3, -0.25) is 9.59 Å². The Bertz CT molecular complexity index is 1070. The van der Waals surface area contributed by atoms with Gasteiger partial charge in [-0.15, -0.1) is 0 Å². The van der Waals surface area contributed by atoms with Gasteiger partial charge in [-0.2, -0.15) is 0 Å². The van der Waals surface area contributed by atoms with Crippen molar-refractivity contribution in [2.45, 2.75) is 37.8 Å². The van der Waals surface area contributed by atoms with Crippen LogP contribution in [0.25, 0.3) is 6.08 Å². The molecule has 178 valence electrons. The minimum atomic E-state index is -0.243. The molecule has 3 heterocycles. The fourth-order valence-corrected chi connectivity index (χ4v) is 5.14. The summed E-state index contributed by atoms with van der Waals surface area (Å²) in [7, 11) is 0. The van der Waals surface area contributed by atoms with Crippen LogP contribution in [0.1, 0.15) is 31.2 Å². The molecule has 3 fully saturated rings. The second-order valence-electron chi connectivity index (χ2n) is 8.89. The third-order valence-corrected chi connectivity index (χ3v) is 7.13. The maximum absolute atomic E-state index is 13.4. The Morgan fingerprint density at radius 2 is 1.79 bits per heavy atom. The highest BCUT2D eigenvalue weighted by molar-refractivity contribution is 6.32. The molecule has 1 aliphatic carbocycles. The van der Waals surface area contributed by atoms with Crippen LogP contribution in [0, 0.1) is 0 Å². The van der Waals surface area contributed by atoms with E-state index >= 15 is 0 Å². The Hall–Kier alpha value is -3.13. The molecule has 9 heteroatoms. The van der Waals surface area contributed by atoms with Crippen LogP contribution >= 0.6 is 11.6 Å². The number of carbonyl (C=O) groups is 2. The monoisotopic (exact) mass is 481 g/mol. The molecular formula is C25H28ClN5O3. The first-order valence-corrected chi connectivity index (χ1v) is 12.2. The first-order valence-electron chi connectivity index (χ1n) is 11.8. The van der Waals surface area contributed by atoms with Crippen molar-refractivity contribution in [3.8, 4) is 0 Å². The molecule has 3 aliphatic rings. The zero-order valence-electron chi connectivity index (χ0n) is 19.0. The molecule has 2 aromatic rings. The molecule has 0 radical (unpaired) electrons. The molecule has 2 saturated heterocycles. The normalized spacial score (nSPS) is 24.1. The van der Waals surface area contributed by atoms with E-state index in [1.165, 1.54) is 0 Å². The molecule has 1 saturated carbocycles. The van der Waals surface area contributed by atoms with Gasteiger partial charge < -0.3 is 19.4 Å². The quantitative estimate of drug-likeness (QED) is 0.625. The third-order valence-electron chi connectivity index (χ3n) is 6.78. The molecule has 2 amide bonds. The summed E-state index contributed by atoms with van der Waals surface area (Å²) in [6.45, 7) is 2.54. The van der Waals surface area contributed by atoms with Crippen LogP contribution in [0.15, 0.2) is 48.5 Å². The number of benzene rings is 1. The standard InChI is InChI=1S/C25H28ClN5O3/c26-19-7-2-1-6-18(19)16-22-24(33)31(20-8-3-4-9-21(20)34-22)17-23(32)29-12-14-30(15-13-29)25-27-10-5-11-28-25/h1-2,5-7,10-11,16,20-21H,3-4,8-9,12-15,17H2/b22-16+. The fourth-order valence-electron chi connectivity index (χ4n) is 4.95. The number of ether oxygens (including phenoxy) is 1. The molecule has 5 rings (SSSR count). The summed E-state index contributed by atoms with van der Waals surface area (Å²) in [4.78, 5) is 40.9. The highest BCUT2D eigenvalue weighted by Crippen LogP contribution is 2.34. The number of fused-ring (bicyclic) bond motifs is 1. The van der Waals surface area contributed by atoms with Crippen LogP contribution in [0.5, 0.6) is 0 Å². The van der Waals surface area contributed by atoms with E-state index in [1.54, 1.807) is 35.5 Å². The molecule has 1 aromatic heterocycles. The highest BCUT2D eigenvalue weighted by Gasteiger charge is 2.42. The molecule has 2 unspecified atom stereocenters. The number of halogens is 1. The maximum atomic E-state index is 13.4. The van der Waals surface area contributed by atoms with E-state index in [0.717, 1.165) is 31.2 Å². The summed E-state index contributed by atoms with van der Waals surface area (Å²) in [5.74, 6) is 0.658. The van der Waals surface area contributed by atoms with Gasteiger partial charge in [0, 0.05) is 43.6 Å². The molecule has 0 bridgehead atoms. The molecule has 8 nitrogen and oxygen atoms in total. The van der Waals surface area contributed by atoms with E-state index in [2.05, 4.69) is 14.9 Å². The Balaban J connectivity index is 1.29. The summed E-state index contributed by atoms with van der Waals surface area (Å²) in [6, 6.07) is 9.06. The van der Waals surface area contributed by atoms with Gasteiger partial charge in [0.15, 0.2) is 5.76 Å². The van der Waals surface area contributed by atoms with Gasteiger partial charge in [0.25, 0.3) is 5.91 Å². The zero-order valence-corrected chi connectivity index (χ0v) is 19.7.